The summed E-state index contributed by atoms with van der Waals surface area (Å²) < 4.78 is 40.7. The van der Waals surface area contributed by atoms with Crippen LogP contribution in [0, 0.1) is 0 Å². The molecule has 0 radical (unpaired) electrons. The van der Waals surface area contributed by atoms with Gasteiger partial charge in [-0.2, -0.15) is 8.42 Å². The van der Waals surface area contributed by atoms with Gasteiger partial charge in [-0.3, -0.25) is 8.98 Å². The van der Waals surface area contributed by atoms with E-state index in [2.05, 4.69) is 0 Å². The van der Waals surface area contributed by atoms with E-state index in [0.29, 0.717) is 12.0 Å². The van der Waals surface area contributed by atoms with E-state index in [1.165, 1.54) is 0 Å². The quantitative estimate of drug-likeness (QED) is 0.504. The molecule has 10 heteroatoms. The number of nitrogens with two attached hydrogens (primary N) is 1. The third kappa shape index (κ3) is 6.63. The number of rotatable bonds is 10. The van der Waals surface area contributed by atoms with Crippen LogP contribution >= 0.6 is 0 Å². The van der Waals surface area contributed by atoms with Gasteiger partial charge >= 0.3 is 6.09 Å². The third-order valence-electron chi connectivity index (χ3n) is 5.24. The summed E-state index contributed by atoms with van der Waals surface area (Å²) in [5.74, 6) is -0.732. The standard InChI is InChI=1S/C24H30N2O7S/c1-16(2)32-22(21(33-34(3,29)30)19-11-7-10-18(12-19)14-25)23(27)26-20(15-31-24(26)28)13-17-8-5-4-6-9-17/h4-12,16,20-22H,13-15,25H2,1-3H3. The van der Waals surface area contributed by atoms with Crippen molar-refractivity contribution in [2.24, 2.45) is 5.73 Å². The van der Waals surface area contributed by atoms with Crippen LogP contribution in [0.15, 0.2) is 54.6 Å². The van der Waals surface area contributed by atoms with E-state index >= 15 is 0 Å². The highest BCUT2D eigenvalue weighted by atomic mass is 32.2. The zero-order valence-corrected chi connectivity index (χ0v) is 20.2. The Bertz CT molecular complexity index is 1110. The van der Waals surface area contributed by atoms with Gasteiger partial charge in [-0.25, -0.2) is 9.69 Å². The van der Waals surface area contributed by atoms with Gasteiger partial charge in [0.2, 0.25) is 0 Å². The molecule has 3 rings (SSSR count). The second-order valence-corrected chi connectivity index (χ2v) is 10.0. The van der Waals surface area contributed by atoms with Crippen LogP contribution in [0.5, 0.6) is 0 Å². The van der Waals surface area contributed by atoms with Gasteiger partial charge in [0.1, 0.15) is 12.7 Å². The van der Waals surface area contributed by atoms with Gasteiger partial charge in [-0.15, -0.1) is 0 Å². The van der Waals surface area contributed by atoms with E-state index in [1.807, 2.05) is 30.3 Å². The first-order valence-electron chi connectivity index (χ1n) is 11.0. The average Bonchev–Trinajstić information content (AvgIpc) is 3.15. The van der Waals surface area contributed by atoms with Crippen LogP contribution in [0.4, 0.5) is 4.79 Å². The maximum absolute atomic E-state index is 13.7. The lowest BCUT2D eigenvalue weighted by Gasteiger charge is -2.31. The molecule has 0 aliphatic carbocycles. The molecule has 9 nitrogen and oxygen atoms in total. The van der Waals surface area contributed by atoms with Crippen LogP contribution in [0.1, 0.15) is 36.6 Å². The predicted octanol–water partition coefficient (Wildman–Crippen LogP) is 2.55. The third-order valence-corrected chi connectivity index (χ3v) is 5.80. The second-order valence-electron chi connectivity index (χ2n) is 8.40. The normalized spacial score (nSPS) is 18.1. The van der Waals surface area contributed by atoms with Crippen molar-refractivity contribution < 1.29 is 31.7 Å². The summed E-state index contributed by atoms with van der Waals surface area (Å²) in [4.78, 5) is 27.4. The van der Waals surface area contributed by atoms with Crippen molar-refractivity contribution in [1.29, 1.82) is 0 Å². The lowest BCUT2D eigenvalue weighted by molar-refractivity contribution is -0.152. The molecular formula is C24H30N2O7S. The summed E-state index contributed by atoms with van der Waals surface area (Å²) >= 11 is 0. The van der Waals surface area contributed by atoms with Gasteiger partial charge in [-0.1, -0.05) is 54.6 Å². The largest absolute Gasteiger partial charge is 0.447 e. The Kier molecular flexibility index (Phi) is 8.42. The molecule has 0 aromatic heterocycles. The minimum absolute atomic E-state index is 0.0219. The summed E-state index contributed by atoms with van der Waals surface area (Å²) in [6.45, 7) is 3.64. The van der Waals surface area contributed by atoms with Crippen LogP contribution in [0.25, 0.3) is 0 Å². The predicted molar refractivity (Wildman–Crippen MR) is 125 cm³/mol. The Hall–Kier alpha value is -2.79. The molecule has 1 aliphatic rings. The Morgan fingerprint density at radius 3 is 2.44 bits per heavy atom. The van der Waals surface area contributed by atoms with Crippen LogP contribution in [0.3, 0.4) is 0 Å². The minimum Gasteiger partial charge on any atom is -0.447 e. The van der Waals surface area contributed by atoms with Crippen molar-refractivity contribution in [3.8, 4) is 0 Å². The Balaban J connectivity index is 2.00. The van der Waals surface area contributed by atoms with Gasteiger partial charge < -0.3 is 15.2 Å². The van der Waals surface area contributed by atoms with Crippen molar-refractivity contribution in [2.45, 2.75) is 51.2 Å². The lowest BCUT2D eigenvalue weighted by Crippen LogP contribution is -2.49. The van der Waals surface area contributed by atoms with Crippen LogP contribution in [-0.2, 0) is 41.5 Å². The molecule has 1 saturated heterocycles. The number of benzene rings is 2. The molecular weight excluding hydrogens is 460 g/mol. The molecule has 1 aliphatic heterocycles. The van der Waals surface area contributed by atoms with E-state index in [1.54, 1.807) is 38.1 Å². The number of hydrogen-bond donors (Lipinski definition) is 1. The van der Waals surface area contributed by atoms with E-state index in [4.69, 9.17) is 19.4 Å². The van der Waals surface area contributed by atoms with E-state index in [9.17, 15) is 18.0 Å². The molecule has 184 valence electrons. The van der Waals surface area contributed by atoms with Crippen molar-refractivity contribution in [3.63, 3.8) is 0 Å². The number of ether oxygens (including phenoxy) is 2. The highest BCUT2D eigenvalue weighted by molar-refractivity contribution is 7.86. The molecule has 0 spiro atoms. The fourth-order valence-electron chi connectivity index (χ4n) is 3.82. The molecule has 2 aromatic rings. The maximum atomic E-state index is 13.7. The molecule has 3 unspecified atom stereocenters. The molecule has 0 bridgehead atoms. The number of nitrogens with zero attached hydrogens (tertiary/aromatic N) is 1. The maximum Gasteiger partial charge on any atom is 0.417 e. The summed E-state index contributed by atoms with van der Waals surface area (Å²) in [5.41, 5.74) is 7.77. The first-order valence-corrected chi connectivity index (χ1v) is 12.8. The fourth-order valence-corrected chi connectivity index (χ4v) is 4.41. The summed E-state index contributed by atoms with van der Waals surface area (Å²) in [5, 5.41) is 0. The van der Waals surface area contributed by atoms with Gasteiger partial charge in [0.15, 0.2) is 6.10 Å². The van der Waals surface area contributed by atoms with Gasteiger partial charge in [0.25, 0.3) is 16.0 Å². The summed E-state index contributed by atoms with van der Waals surface area (Å²) in [6, 6.07) is 15.6. The molecule has 1 fully saturated rings. The Labute approximate surface area is 199 Å². The van der Waals surface area contributed by atoms with E-state index < -0.39 is 46.5 Å². The van der Waals surface area contributed by atoms with Crippen LogP contribution in [0.2, 0.25) is 0 Å². The smallest absolute Gasteiger partial charge is 0.417 e. The lowest BCUT2D eigenvalue weighted by atomic mass is 9.99. The number of amides is 2. The highest BCUT2D eigenvalue weighted by Crippen LogP contribution is 2.30. The van der Waals surface area contributed by atoms with Crippen molar-refractivity contribution in [3.05, 3.63) is 71.3 Å². The highest BCUT2D eigenvalue weighted by Gasteiger charge is 2.45. The van der Waals surface area contributed by atoms with Gasteiger partial charge in [0.05, 0.1) is 18.4 Å². The summed E-state index contributed by atoms with van der Waals surface area (Å²) in [6.07, 6.45) is -2.76. The molecule has 2 N–H and O–H groups in total. The van der Waals surface area contributed by atoms with Crippen LogP contribution < -0.4 is 5.73 Å². The first kappa shape index (κ1) is 25.8. The minimum atomic E-state index is -4.00. The zero-order valence-electron chi connectivity index (χ0n) is 19.4. The molecule has 0 saturated carbocycles. The average molecular weight is 491 g/mol. The SMILES string of the molecule is CC(C)OC(C(=O)N1C(=O)OCC1Cc1ccccc1)C(OS(C)(=O)=O)c1cccc(CN)c1. The van der Waals surface area contributed by atoms with Crippen LogP contribution in [-0.4, -0.2) is 56.4 Å². The number of hydrogen-bond acceptors (Lipinski definition) is 8. The molecule has 3 atom stereocenters. The van der Waals surface area contributed by atoms with Crippen molar-refractivity contribution >= 4 is 22.1 Å². The number of imide groups is 1. The van der Waals surface area contributed by atoms with E-state index in [-0.39, 0.29) is 13.2 Å². The Morgan fingerprint density at radius 1 is 1.15 bits per heavy atom. The number of carbonyl (C=O) groups is 2. The number of carbonyl (C=O) groups excluding carboxylic acids is 2. The van der Waals surface area contributed by atoms with Gasteiger partial charge in [0, 0.05) is 6.54 Å². The molecule has 1 heterocycles. The fraction of sp³-hybridized carbons (Fsp3) is 0.417. The zero-order chi connectivity index (χ0) is 24.9. The van der Waals surface area contributed by atoms with Crippen molar-refractivity contribution in [2.75, 3.05) is 12.9 Å². The monoisotopic (exact) mass is 490 g/mol. The number of cyclic esters (lactones) is 1. The second kappa shape index (κ2) is 11.1. The topological polar surface area (TPSA) is 125 Å². The summed E-state index contributed by atoms with van der Waals surface area (Å²) in [7, 11) is -4.00. The van der Waals surface area contributed by atoms with Gasteiger partial charge in [-0.05, 0) is 37.0 Å². The molecule has 34 heavy (non-hydrogen) atoms. The molecule has 2 amide bonds. The van der Waals surface area contributed by atoms with Crippen molar-refractivity contribution in [1.82, 2.24) is 4.90 Å². The van der Waals surface area contributed by atoms with E-state index in [0.717, 1.165) is 22.3 Å². The first-order chi connectivity index (χ1) is 16.1. The molecule has 2 aromatic carbocycles. The Morgan fingerprint density at radius 2 is 1.82 bits per heavy atom.